The van der Waals surface area contributed by atoms with Crippen LogP contribution in [-0.2, 0) is 5.41 Å². The predicted octanol–water partition coefficient (Wildman–Crippen LogP) is 6.90. The van der Waals surface area contributed by atoms with Gasteiger partial charge in [-0.1, -0.05) is 60.6 Å². The normalized spacial score (nSPS) is 12.2. The number of aromatic nitrogens is 3. The minimum absolute atomic E-state index is 0.148. The van der Waals surface area contributed by atoms with E-state index in [2.05, 4.69) is 105 Å². The summed E-state index contributed by atoms with van der Waals surface area (Å²) in [5, 5.41) is 3.38. The number of fused-ring (bicyclic) bond motifs is 1. The molecule has 0 bridgehead atoms. The number of nitrogens with zero attached hydrogens (tertiary/aromatic N) is 3. The second kappa shape index (κ2) is 9.71. The van der Waals surface area contributed by atoms with Crippen LogP contribution in [0, 0.1) is 11.8 Å². The van der Waals surface area contributed by atoms with Crippen molar-refractivity contribution in [2.75, 3.05) is 23.3 Å². The van der Waals surface area contributed by atoms with Crippen molar-refractivity contribution in [2.24, 2.45) is 11.8 Å². The molecule has 0 radical (unpaired) electrons. The number of pyridine rings is 1. The van der Waals surface area contributed by atoms with Crippen molar-refractivity contribution in [2.45, 2.75) is 66.7 Å². The van der Waals surface area contributed by atoms with E-state index in [-0.39, 0.29) is 5.41 Å². The minimum atomic E-state index is 0.148. The summed E-state index contributed by atoms with van der Waals surface area (Å²) in [5.74, 6) is 3.11. The van der Waals surface area contributed by atoms with Crippen molar-refractivity contribution in [3.63, 3.8) is 0 Å². The molecule has 1 aromatic carbocycles. The number of aromatic amines is 1. The number of nitrogens with one attached hydrogen (secondary N) is 2. The van der Waals surface area contributed by atoms with Gasteiger partial charge in [-0.3, -0.25) is 0 Å². The van der Waals surface area contributed by atoms with Gasteiger partial charge in [-0.25, -0.2) is 9.97 Å². The van der Waals surface area contributed by atoms with Crippen molar-refractivity contribution >= 4 is 28.6 Å². The van der Waals surface area contributed by atoms with E-state index < -0.39 is 0 Å². The average molecular weight is 422 g/mol. The van der Waals surface area contributed by atoms with Crippen LogP contribution in [0.25, 0.3) is 11.2 Å². The molecule has 0 fully saturated rings. The molecular weight excluding hydrogens is 382 g/mol. The maximum absolute atomic E-state index is 4.91. The van der Waals surface area contributed by atoms with Gasteiger partial charge in [0.15, 0.2) is 5.65 Å². The summed E-state index contributed by atoms with van der Waals surface area (Å²) < 4.78 is 0. The molecule has 0 aliphatic rings. The molecule has 2 heterocycles. The summed E-state index contributed by atoms with van der Waals surface area (Å²) in [6, 6.07) is 12.7. The molecule has 0 unspecified atom stereocenters. The van der Waals surface area contributed by atoms with Crippen LogP contribution in [-0.4, -0.2) is 28.0 Å². The van der Waals surface area contributed by atoms with Crippen LogP contribution in [0.3, 0.4) is 0 Å². The molecule has 168 valence electrons. The van der Waals surface area contributed by atoms with Gasteiger partial charge in [0.2, 0.25) is 5.95 Å². The number of imidazole rings is 1. The highest BCUT2D eigenvalue weighted by Crippen LogP contribution is 2.25. The van der Waals surface area contributed by atoms with Gasteiger partial charge >= 0.3 is 0 Å². The smallest absolute Gasteiger partial charge is 0.206 e. The third-order valence-electron chi connectivity index (χ3n) is 5.62. The zero-order chi connectivity index (χ0) is 22.6. The summed E-state index contributed by atoms with van der Waals surface area (Å²) in [7, 11) is 0. The van der Waals surface area contributed by atoms with Gasteiger partial charge in [-0.2, -0.15) is 0 Å². The van der Waals surface area contributed by atoms with Gasteiger partial charge < -0.3 is 15.2 Å². The second-order valence-corrected chi connectivity index (χ2v) is 10.4. The molecule has 3 rings (SSSR count). The Morgan fingerprint density at radius 1 is 0.871 bits per heavy atom. The van der Waals surface area contributed by atoms with Crippen LogP contribution in [0.4, 0.5) is 17.5 Å². The van der Waals surface area contributed by atoms with Crippen molar-refractivity contribution in [1.29, 1.82) is 0 Å². The first-order chi connectivity index (χ1) is 14.6. The lowest BCUT2D eigenvalue weighted by Gasteiger charge is -2.25. The number of anilines is 3. The van der Waals surface area contributed by atoms with E-state index in [4.69, 9.17) is 4.98 Å². The molecule has 0 saturated heterocycles. The maximum Gasteiger partial charge on any atom is 0.206 e. The first-order valence-corrected chi connectivity index (χ1v) is 11.6. The molecule has 3 aromatic rings. The number of rotatable bonds is 9. The molecule has 0 amide bonds. The fraction of sp³-hybridized carbons (Fsp3) is 0.538. The Morgan fingerprint density at radius 2 is 1.48 bits per heavy atom. The van der Waals surface area contributed by atoms with Gasteiger partial charge in [0.1, 0.15) is 11.3 Å². The number of hydrogen-bond acceptors (Lipinski definition) is 4. The number of hydrogen-bond donors (Lipinski definition) is 2. The van der Waals surface area contributed by atoms with Gasteiger partial charge in [0, 0.05) is 18.8 Å². The molecule has 0 atom stereocenters. The molecule has 0 spiro atoms. The van der Waals surface area contributed by atoms with Gasteiger partial charge in [0.05, 0.1) is 0 Å². The largest absolute Gasteiger partial charge is 0.357 e. The highest BCUT2D eigenvalue weighted by atomic mass is 15.2. The molecule has 31 heavy (non-hydrogen) atoms. The highest BCUT2D eigenvalue weighted by Gasteiger charge is 2.14. The Bertz CT molecular complexity index is 952. The molecule has 5 nitrogen and oxygen atoms in total. The van der Waals surface area contributed by atoms with Crippen LogP contribution in [0.15, 0.2) is 36.4 Å². The van der Waals surface area contributed by atoms with Crippen molar-refractivity contribution in [3.8, 4) is 0 Å². The Balaban J connectivity index is 1.77. The highest BCUT2D eigenvalue weighted by molar-refractivity contribution is 5.76. The van der Waals surface area contributed by atoms with Crippen molar-refractivity contribution in [3.05, 3.63) is 42.0 Å². The Hall–Kier alpha value is -2.56. The summed E-state index contributed by atoms with van der Waals surface area (Å²) in [6.07, 6.45) is 2.33. The Labute approximate surface area is 187 Å². The molecule has 2 N–H and O–H groups in total. The zero-order valence-electron chi connectivity index (χ0n) is 20.3. The van der Waals surface area contributed by atoms with Crippen LogP contribution < -0.4 is 10.2 Å². The zero-order valence-corrected chi connectivity index (χ0v) is 20.3. The van der Waals surface area contributed by atoms with Gasteiger partial charge in [-0.15, -0.1) is 0 Å². The van der Waals surface area contributed by atoms with E-state index in [0.717, 1.165) is 54.5 Å². The van der Waals surface area contributed by atoms with Crippen LogP contribution in [0.5, 0.6) is 0 Å². The number of benzene rings is 1. The lowest BCUT2D eigenvalue weighted by molar-refractivity contribution is 0.533. The van der Waals surface area contributed by atoms with E-state index >= 15 is 0 Å². The van der Waals surface area contributed by atoms with Crippen LogP contribution >= 0.6 is 0 Å². The van der Waals surface area contributed by atoms with Crippen molar-refractivity contribution in [1.82, 2.24) is 15.0 Å². The summed E-state index contributed by atoms with van der Waals surface area (Å²) in [4.78, 5) is 15.4. The third-order valence-corrected chi connectivity index (χ3v) is 5.62. The number of H-pyrrole nitrogens is 1. The monoisotopic (exact) mass is 421 g/mol. The quantitative estimate of drug-likeness (QED) is 0.395. The topological polar surface area (TPSA) is 56.8 Å². The van der Waals surface area contributed by atoms with Gasteiger partial charge in [-0.05, 0) is 59.9 Å². The first-order valence-electron chi connectivity index (χ1n) is 11.6. The lowest BCUT2D eigenvalue weighted by Crippen LogP contribution is -2.28. The first kappa shape index (κ1) is 23.1. The van der Waals surface area contributed by atoms with E-state index in [1.54, 1.807) is 0 Å². The maximum atomic E-state index is 4.91. The molecule has 5 heteroatoms. The summed E-state index contributed by atoms with van der Waals surface area (Å²) in [5.41, 5.74) is 4.19. The molecular formula is C26H39N5. The second-order valence-electron chi connectivity index (χ2n) is 10.4. The van der Waals surface area contributed by atoms with E-state index in [0.29, 0.717) is 11.8 Å². The average Bonchev–Trinajstić information content (AvgIpc) is 3.08. The van der Waals surface area contributed by atoms with Gasteiger partial charge in [0.25, 0.3) is 0 Å². The fourth-order valence-corrected chi connectivity index (χ4v) is 3.48. The predicted molar refractivity (Wildman–Crippen MR) is 133 cm³/mol. The Kier molecular flexibility index (Phi) is 7.24. The summed E-state index contributed by atoms with van der Waals surface area (Å²) in [6.45, 7) is 17.8. The van der Waals surface area contributed by atoms with E-state index in [1.165, 1.54) is 5.56 Å². The minimum Gasteiger partial charge on any atom is -0.357 e. The molecule has 0 aliphatic heterocycles. The molecule has 0 saturated carbocycles. The molecule has 0 aliphatic carbocycles. The van der Waals surface area contributed by atoms with Crippen molar-refractivity contribution < 1.29 is 0 Å². The fourth-order valence-electron chi connectivity index (χ4n) is 3.48. The molecule has 2 aromatic heterocycles. The Morgan fingerprint density at radius 3 is 2.03 bits per heavy atom. The lowest BCUT2D eigenvalue weighted by atomic mass is 9.87. The summed E-state index contributed by atoms with van der Waals surface area (Å²) >= 11 is 0. The van der Waals surface area contributed by atoms with E-state index in [1.807, 2.05) is 0 Å². The SMILES string of the molecule is CC(C)CCN(CCC(C)C)c1ccc2nc(Nc3ccc(C(C)(C)C)cc3)[nH]c2n1. The van der Waals surface area contributed by atoms with Crippen LogP contribution in [0.2, 0.25) is 0 Å². The standard InChI is InChI=1S/C26H39N5/c1-18(2)14-16-31(17-15-19(3)4)23-13-12-22-24(29-23)30-25(28-22)27-21-10-8-20(9-11-21)26(5,6)7/h8-13,18-19H,14-17H2,1-7H3,(H2,27,28,29,30). The van der Waals surface area contributed by atoms with E-state index in [9.17, 15) is 0 Å². The van der Waals surface area contributed by atoms with Crippen LogP contribution in [0.1, 0.15) is 66.9 Å². The third kappa shape index (κ3) is 6.46.